The van der Waals surface area contributed by atoms with Crippen LogP contribution in [0.25, 0.3) is 0 Å². The van der Waals surface area contributed by atoms with Gasteiger partial charge in [0.2, 0.25) is 0 Å². The molecule has 0 fully saturated rings. The van der Waals surface area contributed by atoms with E-state index in [9.17, 15) is 4.79 Å². The third-order valence-corrected chi connectivity index (χ3v) is 0.472. The van der Waals surface area contributed by atoms with Crippen molar-refractivity contribution in [2.45, 2.75) is 6.92 Å². The first-order valence-electron chi connectivity index (χ1n) is 1.74. The molecule has 4 N–H and O–H groups in total. The van der Waals surface area contributed by atoms with Crippen LogP contribution in [0.2, 0.25) is 0 Å². The number of hydrogen-bond donors (Lipinski definition) is 3. The molecule has 4 nitrogen and oxygen atoms in total. The second-order valence-corrected chi connectivity index (χ2v) is 1.10. The summed E-state index contributed by atoms with van der Waals surface area (Å²) in [6.45, 7) is 1.36. The van der Waals surface area contributed by atoms with Crippen molar-refractivity contribution in [3.8, 4) is 0 Å². The summed E-state index contributed by atoms with van der Waals surface area (Å²) in [5.41, 5.74) is 1.72. The maximum Gasteiger partial charge on any atom is 0.278 e. The molecule has 7 heavy (non-hydrogen) atoms. The number of nitrogens with one attached hydrogen (secondary N) is 2. The smallest absolute Gasteiger partial charge is 0.278 e. The van der Waals surface area contributed by atoms with Crippen molar-refractivity contribution in [3.05, 3.63) is 0 Å². The highest BCUT2D eigenvalue weighted by molar-refractivity contribution is 6.36. The van der Waals surface area contributed by atoms with E-state index in [0.717, 1.165) is 0 Å². The molecule has 0 saturated carbocycles. The lowest BCUT2D eigenvalue weighted by atomic mass is 10.4. The molecule has 0 aromatic rings. The number of rotatable bonds is 1. The molecule has 40 valence electrons. The van der Waals surface area contributed by atoms with Gasteiger partial charge in [-0.1, -0.05) is 0 Å². The third kappa shape index (κ3) is 1.88. The van der Waals surface area contributed by atoms with Crippen molar-refractivity contribution in [1.82, 2.24) is 5.43 Å². The SMILES string of the molecule is CC(=N)C(=O)NN. The van der Waals surface area contributed by atoms with Gasteiger partial charge in [-0.2, -0.15) is 0 Å². The fourth-order valence-electron chi connectivity index (χ4n) is 0.108. The number of amides is 1. The topological polar surface area (TPSA) is 79.0 Å². The van der Waals surface area contributed by atoms with Crippen molar-refractivity contribution >= 4 is 11.6 Å². The largest absolute Gasteiger partial charge is 0.300 e. The van der Waals surface area contributed by atoms with Gasteiger partial charge in [-0.05, 0) is 6.92 Å². The van der Waals surface area contributed by atoms with Gasteiger partial charge < -0.3 is 0 Å². The predicted molar refractivity (Wildman–Crippen MR) is 25.7 cm³/mol. The number of hydrazine groups is 1. The maximum atomic E-state index is 10.1. The number of carbonyl (C=O) groups excluding carboxylic acids is 1. The normalized spacial score (nSPS) is 7.71. The molecule has 0 spiro atoms. The molecule has 0 aliphatic heterocycles. The molecule has 0 unspecified atom stereocenters. The van der Waals surface area contributed by atoms with Gasteiger partial charge in [-0.3, -0.25) is 15.6 Å². The van der Waals surface area contributed by atoms with Crippen LogP contribution in [-0.2, 0) is 4.79 Å². The highest BCUT2D eigenvalue weighted by Gasteiger charge is 1.95. The lowest BCUT2D eigenvalue weighted by molar-refractivity contribution is -0.114. The van der Waals surface area contributed by atoms with Crippen LogP contribution in [0.15, 0.2) is 0 Å². The minimum atomic E-state index is -0.542. The van der Waals surface area contributed by atoms with Crippen LogP contribution < -0.4 is 11.3 Å². The first kappa shape index (κ1) is 6.10. The molecule has 0 aromatic heterocycles. The van der Waals surface area contributed by atoms with E-state index in [4.69, 9.17) is 5.41 Å². The van der Waals surface area contributed by atoms with Crippen LogP contribution in [-0.4, -0.2) is 11.6 Å². The Morgan fingerprint density at radius 1 is 1.86 bits per heavy atom. The summed E-state index contributed by atoms with van der Waals surface area (Å²) in [6.07, 6.45) is 0. The van der Waals surface area contributed by atoms with Crippen molar-refractivity contribution < 1.29 is 4.79 Å². The molecule has 0 saturated heterocycles. The Bertz CT molecular complexity index is 98.4. The van der Waals surface area contributed by atoms with Crippen molar-refractivity contribution in [1.29, 1.82) is 5.41 Å². The third-order valence-electron chi connectivity index (χ3n) is 0.472. The summed E-state index contributed by atoms with van der Waals surface area (Å²) in [6, 6.07) is 0. The number of nitrogens with two attached hydrogens (primary N) is 1. The molecule has 0 radical (unpaired) electrons. The zero-order chi connectivity index (χ0) is 5.86. The Balaban J connectivity index is 3.58. The Labute approximate surface area is 41.2 Å². The predicted octanol–water partition coefficient (Wildman–Crippen LogP) is -0.984. The molecule has 1 amide bonds. The molecule has 0 aromatic carbocycles. The second kappa shape index (κ2) is 2.30. The highest BCUT2D eigenvalue weighted by atomic mass is 16.2. The Kier molecular flexibility index (Phi) is 2.01. The summed E-state index contributed by atoms with van der Waals surface area (Å²) in [5.74, 6) is 4.09. The average molecular weight is 101 g/mol. The lowest BCUT2D eigenvalue weighted by Gasteiger charge is -1.90. The molecule has 4 heteroatoms. The van der Waals surface area contributed by atoms with E-state index < -0.39 is 5.91 Å². The summed E-state index contributed by atoms with van der Waals surface area (Å²) in [7, 11) is 0. The monoisotopic (exact) mass is 101 g/mol. The van der Waals surface area contributed by atoms with Crippen LogP contribution in [0.5, 0.6) is 0 Å². The minimum Gasteiger partial charge on any atom is -0.300 e. The molecular weight excluding hydrogens is 94.1 g/mol. The summed E-state index contributed by atoms with van der Waals surface area (Å²) in [4.78, 5) is 10.1. The van der Waals surface area contributed by atoms with Gasteiger partial charge in [0.15, 0.2) is 0 Å². The number of carbonyl (C=O) groups is 1. The Morgan fingerprint density at radius 3 is 2.29 bits per heavy atom. The average Bonchev–Trinajstić information content (AvgIpc) is 1.65. The quantitative estimate of drug-likeness (QED) is 0.172. The maximum absolute atomic E-state index is 10.1. The van der Waals surface area contributed by atoms with E-state index in [1.807, 2.05) is 0 Å². The molecule has 0 bridgehead atoms. The molecule has 0 aliphatic rings. The van der Waals surface area contributed by atoms with E-state index in [-0.39, 0.29) is 5.71 Å². The molecule has 0 rings (SSSR count). The van der Waals surface area contributed by atoms with E-state index in [2.05, 4.69) is 5.84 Å². The fourth-order valence-corrected chi connectivity index (χ4v) is 0.108. The first-order valence-corrected chi connectivity index (χ1v) is 1.74. The van der Waals surface area contributed by atoms with Crippen molar-refractivity contribution in [2.24, 2.45) is 5.84 Å². The Morgan fingerprint density at radius 2 is 2.29 bits per heavy atom. The van der Waals surface area contributed by atoms with E-state index in [1.54, 1.807) is 5.43 Å². The molecule has 0 atom stereocenters. The second-order valence-electron chi connectivity index (χ2n) is 1.10. The van der Waals surface area contributed by atoms with Gasteiger partial charge in [0.25, 0.3) is 5.91 Å². The zero-order valence-electron chi connectivity index (χ0n) is 3.99. The fraction of sp³-hybridized carbons (Fsp3) is 0.333. The van der Waals surface area contributed by atoms with Crippen LogP contribution in [0.3, 0.4) is 0 Å². The lowest BCUT2D eigenvalue weighted by Crippen LogP contribution is -2.34. The summed E-state index contributed by atoms with van der Waals surface area (Å²) >= 11 is 0. The van der Waals surface area contributed by atoms with Crippen LogP contribution >= 0.6 is 0 Å². The van der Waals surface area contributed by atoms with Gasteiger partial charge in [-0.15, -0.1) is 0 Å². The highest BCUT2D eigenvalue weighted by Crippen LogP contribution is 1.63. The van der Waals surface area contributed by atoms with Gasteiger partial charge >= 0.3 is 0 Å². The van der Waals surface area contributed by atoms with Gasteiger partial charge in [0.1, 0.15) is 0 Å². The van der Waals surface area contributed by atoms with Crippen LogP contribution in [0.4, 0.5) is 0 Å². The van der Waals surface area contributed by atoms with Crippen LogP contribution in [0.1, 0.15) is 6.92 Å². The van der Waals surface area contributed by atoms with E-state index in [1.165, 1.54) is 6.92 Å². The molecule has 0 heterocycles. The van der Waals surface area contributed by atoms with E-state index in [0.29, 0.717) is 0 Å². The Hall–Kier alpha value is -0.900. The molecule has 0 aliphatic carbocycles. The van der Waals surface area contributed by atoms with Crippen molar-refractivity contribution in [2.75, 3.05) is 0 Å². The summed E-state index contributed by atoms with van der Waals surface area (Å²) in [5, 5.41) is 6.61. The van der Waals surface area contributed by atoms with Crippen LogP contribution in [0, 0.1) is 5.41 Å². The van der Waals surface area contributed by atoms with E-state index >= 15 is 0 Å². The molecular formula is C3H7N3O. The minimum absolute atomic E-state index is 0.0810. The standard InChI is InChI=1S/C3H7N3O/c1-2(4)3(7)6-5/h4H,5H2,1H3,(H,6,7). The van der Waals surface area contributed by atoms with Gasteiger partial charge in [0.05, 0.1) is 5.71 Å². The number of hydrogen-bond acceptors (Lipinski definition) is 3. The zero-order valence-corrected chi connectivity index (χ0v) is 3.99. The van der Waals surface area contributed by atoms with Crippen molar-refractivity contribution in [3.63, 3.8) is 0 Å². The first-order chi connectivity index (χ1) is 3.18. The van der Waals surface area contributed by atoms with Gasteiger partial charge in [0, 0.05) is 0 Å². The summed E-state index contributed by atoms with van der Waals surface area (Å²) < 4.78 is 0. The van der Waals surface area contributed by atoms with Gasteiger partial charge in [-0.25, -0.2) is 5.84 Å².